The minimum absolute atomic E-state index is 0.0417. The van der Waals surface area contributed by atoms with E-state index in [-0.39, 0.29) is 51.4 Å². The first-order valence-electron chi connectivity index (χ1n) is 15.7. The summed E-state index contributed by atoms with van der Waals surface area (Å²) in [7, 11) is -3.78. The molecule has 0 saturated heterocycles. The minimum atomic E-state index is -3.78. The molecule has 3 atom stereocenters. The van der Waals surface area contributed by atoms with E-state index in [4.69, 9.17) is 16.6 Å². The third-order valence-corrected chi connectivity index (χ3v) is 10.2. The van der Waals surface area contributed by atoms with Gasteiger partial charge >= 0.3 is 0 Å². The zero-order valence-electron chi connectivity index (χ0n) is 26.6. The fourth-order valence-electron chi connectivity index (χ4n) is 7.18. The number of anilines is 1. The van der Waals surface area contributed by atoms with Crippen molar-refractivity contribution in [1.82, 2.24) is 35.3 Å². The number of hydrogen-bond donors (Lipinski definition) is 4. The van der Waals surface area contributed by atoms with Crippen molar-refractivity contribution in [2.24, 2.45) is 5.92 Å². The normalized spacial score (nSPS) is 18.2. The smallest absolute Gasteiger partial charge is 0.293 e. The first-order valence-corrected chi connectivity index (χ1v) is 18.0. The SMILES string of the molecule is CS(=O)(=O)Nc1n[nH]c2c(-c3cc4[nH]ccc4nc3C(Cc3cc(F)cc(F)c3)NC(=O)Cn3nc(C(F)F)c4c3C(F)(F)[C@@H]3C[C@H]43)ccc(Cl)c12. The number of nitrogens with zero attached hydrogens (tertiary/aromatic N) is 4. The van der Waals surface area contributed by atoms with E-state index in [0.29, 0.717) is 32.9 Å². The number of carbonyl (C=O) groups excluding carboxylic acids is 1. The fourth-order valence-corrected chi connectivity index (χ4v) is 7.92. The average Bonchev–Trinajstić information content (AvgIpc) is 3.29. The average molecular weight is 763 g/mol. The molecule has 19 heteroatoms. The van der Waals surface area contributed by atoms with Gasteiger partial charge in [-0.25, -0.2) is 31.0 Å². The maximum Gasteiger partial charge on any atom is 0.293 e. The molecule has 0 aliphatic heterocycles. The van der Waals surface area contributed by atoms with Gasteiger partial charge in [-0.2, -0.15) is 19.0 Å². The number of benzene rings is 2. The van der Waals surface area contributed by atoms with E-state index < -0.39 is 75.7 Å². The zero-order chi connectivity index (χ0) is 36.9. The molecule has 0 radical (unpaired) electrons. The minimum Gasteiger partial charge on any atom is -0.360 e. The number of nitrogens with one attached hydrogen (secondary N) is 4. The number of sulfonamides is 1. The molecule has 0 spiro atoms. The van der Waals surface area contributed by atoms with Crippen LogP contribution in [0.4, 0.5) is 32.2 Å². The van der Waals surface area contributed by atoms with Gasteiger partial charge in [0.05, 0.1) is 45.0 Å². The van der Waals surface area contributed by atoms with Crippen LogP contribution >= 0.6 is 11.6 Å². The highest BCUT2D eigenvalue weighted by Crippen LogP contribution is 2.68. The van der Waals surface area contributed by atoms with Crippen LogP contribution in [0.3, 0.4) is 0 Å². The van der Waals surface area contributed by atoms with Gasteiger partial charge in [-0.15, -0.1) is 0 Å². The summed E-state index contributed by atoms with van der Waals surface area (Å²) in [6.07, 6.45) is -0.830. The van der Waals surface area contributed by atoms with Crippen molar-refractivity contribution >= 4 is 55.3 Å². The number of H-pyrrole nitrogens is 2. The number of alkyl halides is 4. The van der Waals surface area contributed by atoms with Crippen molar-refractivity contribution in [3.05, 3.63) is 93.5 Å². The van der Waals surface area contributed by atoms with Gasteiger partial charge in [0.1, 0.15) is 29.6 Å². The Morgan fingerprint density at radius 3 is 2.56 bits per heavy atom. The summed E-state index contributed by atoms with van der Waals surface area (Å²) in [5.41, 5.74) is 0.416. The van der Waals surface area contributed by atoms with Crippen LogP contribution in [0, 0.1) is 17.6 Å². The van der Waals surface area contributed by atoms with Crippen LogP contribution in [0.15, 0.2) is 48.7 Å². The maximum absolute atomic E-state index is 15.3. The van der Waals surface area contributed by atoms with Crippen LogP contribution in [0.2, 0.25) is 5.02 Å². The van der Waals surface area contributed by atoms with Crippen molar-refractivity contribution in [2.45, 2.75) is 43.7 Å². The Balaban J connectivity index is 1.25. The van der Waals surface area contributed by atoms with E-state index >= 15 is 8.78 Å². The highest BCUT2D eigenvalue weighted by Gasteiger charge is 2.67. The molecule has 2 aromatic carbocycles. The summed E-state index contributed by atoms with van der Waals surface area (Å²) in [5, 5.41) is 13.7. The predicted molar refractivity (Wildman–Crippen MR) is 178 cm³/mol. The lowest BCUT2D eigenvalue weighted by Gasteiger charge is -2.23. The lowest BCUT2D eigenvalue weighted by molar-refractivity contribution is -0.123. The molecule has 4 aromatic heterocycles. The summed E-state index contributed by atoms with van der Waals surface area (Å²) in [6.45, 7) is -0.869. The maximum atomic E-state index is 15.3. The molecule has 6 aromatic rings. The predicted octanol–water partition coefficient (Wildman–Crippen LogP) is 6.85. The third-order valence-electron chi connectivity index (χ3n) is 9.29. The number of pyridine rings is 1. The van der Waals surface area contributed by atoms with E-state index in [0.717, 1.165) is 18.4 Å². The first kappa shape index (κ1) is 34.0. The van der Waals surface area contributed by atoms with Crippen molar-refractivity contribution in [1.29, 1.82) is 0 Å². The summed E-state index contributed by atoms with van der Waals surface area (Å²) in [5.74, 6) is -8.20. The molecule has 270 valence electrons. The number of hydrogen-bond acceptors (Lipinski definition) is 6. The van der Waals surface area contributed by atoms with Gasteiger partial charge in [0.15, 0.2) is 5.82 Å². The Morgan fingerprint density at radius 2 is 1.85 bits per heavy atom. The largest absolute Gasteiger partial charge is 0.360 e. The van der Waals surface area contributed by atoms with Crippen molar-refractivity contribution in [2.75, 3.05) is 11.0 Å². The second-order valence-electron chi connectivity index (χ2n) is 12.9. The van der Waals surface area contributed by atoms with Crippen molar-refractivity contribution in [3.63, 3.8) is 0 Å². The van der Waals surface area contributed by atoms with Crippen LogP contribution in [0.25, 0.3) is 33.1 Å². The van der Waals surface area contributed by atoms with Crippen LogP contribution in [0.1, 0.15) is 53.0 Å². The number of aromatic amines is 2. The Kier molecular flexibility index (Phi) is 7.83. The summed E-state index contributed by atoms with van der Waals surface area (Å²) in [6, 6.07) is 7.96. The molecule has 4 N–H and O–H groups in total. The number of aromatic nitrogens is 6. The molecule has 1 amide bonds. The molecule has 8 rings (SSSR count). The van der Waals surface area contributed by atoms with Crippen LogP contribution < -0.4 is 10.0 Å². The second-order valence-corrected chi connectivity index (χ2v) is 15.1. The van der Waals surface area contributed by atoms with E-state index in [2.05, 4.69) is 30.3 Å². The monoisotopic (exact) mass is 762 g/mol. The van der Waals surface area contributed by atoms with Crippen molar-refractivity contribution < 1.29 is 39.6 Å². The number of amides is 1. The highest BCUT2D eigenvalue weighted by atomic mass is 35.5. The Morgan fingerprint density at radius 1 is 1.10 bits per heavy atom. The molecular weight excluding hydrogens is 738 g/mol. The van der Waals surface area contributed by atoms with Gasteiger partial charge in [-0.05, 0) is 54.7 Å². The van der Waals surface area contributed by atoms with Gasteiger partial charge in [0, 0.05) is 34.9 Å². The standard InChI is InChI=1S/C33H25ClF6N8O3S/c1-52(50,51)47-32-26-20(34)3-2-16(28(26)44-45-32)17-11-22-21(4-5-41-22)43-27(17)23(8-13-6-14(35)9-15(36)7-13)42-24(49)12-48-30-25(29(46-48)31(37)38)18-10-19(18)33(30,39)40/h2-7,9,11,18-19,23,31,41H,8,10,12H2,1H3,(H,42,49)(H2,44,45,47)/t18-,19+,23?/m0/s1. The topological polar surface area (TPSA) is 150 Å². The van der Waals surface area contributed by atoms with E-state index in [9.17, 15) is 30.8 Å². The number of carbonyl (C=O) groups is 1. The molecular formula is C33H25ClF6N8O3S. The molecule has 52 heavy (non-hydrogen) atoms. The van der Waals surface area contributed by atoms with Gasteiger partial charge in [0.2, 0.25) is 15.9 Å². The van der Waals surface area contributed by atoms with Gasteiger partial charge in [-0.1, -0.05) is 17.7 Å². The highest BCUT2D eigenvalue weighted by molar-refractivity contribution is 7.92. The zero-order valence-corrected chi connectivity index (χ0v) is 28.2. The van der Waals surface area contributed by atoms with Crippen LogP contribution in [-0.2, 0) is 33.7 Å². The molecule has 1 unspecified atom stereocenters. The Hall–Kier alpha value is -5.10. The molecule has 1 fully saturated rings. The molecule has 11 nitrogen and oxygen atoms in total. The summed E-state index contributed by atoms with van der Waals surface area (Å²) < 4.78 is 114. The van der Waals surface area contributed by atoms with E-state index in [1.54, 1.807) is 24.4 Å². The molecule has 4 heterocycles. The molecule has 2 aliphatic rings. The number of rotatable bonds is 10. The lowest BCUT2D eigenvalue weighted by Crippen LogP contribution is -2.35. The van der Waals surface area contributed by atoms with Gasteiger partial charge in [-0.3, -0.25) is 19.3 Å². The number of halogens is 7. The third kappa shape index (κ3) is 5.82. The Labute approximate surface area is 294 Å². The van der Waals surface area contributed by atoms with Crippen molar-refractivity contribution in [3.8, 4) is 11.1 Å². The molecule has 0 bridgehead atoms. The fraction of sp³-hybridized carbons (Fsp3) is 0.273. The molecule has 2 aliphatic carbocycles. The van der Waals surface area contributed by atoms with Crippen LogP contribution in [0.5, 0.6) is 0 Å². The van der Waals surface area contributed by atoms with Crippen LogP contribution in [-0.4, -0.2) is 50.5 Å². The van der Waals surface area contributed by atoms with E-state index in [1.165, 1.54) is 6.07 Å². The number of fused-ring (bicyclic) bond motifs is 5. The summed E-state index contributed by atoms with van der Waals surface area (Å²) in [4.78, 5) is 21.6. The second kappa shape index (κ2) is 12.0. The van der Waals surface area contributed by atoms with Gasteiger partial charge in [0.25, 0.3) is 12.3 Å². The van der Waals surface area contributed by atoms with E-state index in [1.807, 2.05) is 0 Å². The quantitative estimate of drug-likeness (QED) is 0.112. The first-order chi connectivity index (χ1) is 24.6. The lowest BCUT2D eigenvalue weighted by atomic mass is 9.93. The molecule has 1 saturated carbocycles. The Bertz CT molecular complexity index is 2530. The van der Waals surface area contributed by atoms with Gasteiger partial charge < -0.3 is 10.3 Å². The summed E-state index contributed by atoms with van der Waals surface area (Å²) >= 11 is 6.49.